The molecule has 8 fully saturated rings. The van der Waals surface area contributed by atoms with E-state index in [-0.39, 0.29) is 46.8 Å². The number of amides is 1. The van der Waals surface area contributed by atoms with Gasteiger partial charge in [0.25, 0.3) is 0 Å². The van der Waals surface area contributed by atoms with E-state index in [0.717, 1.165) is 25.7 Å². The highest BCUT2D eigenvalue weighted by Gasteiger charge is 2.84. The van der Waals surface area contributed by atoms with Gasteiger partial charge < -0.3 is 34.3 Å². The molecule has 7 unspecified atom stereocenters. The van der Waals surface area contributed by atoms with Crippen molar-refractivity contribution < 1.29 is 28.9 Å². The second kappa shape index (κ2) is 11.5. The molecule has 264 valence electrons. The number of nitrogens with one attached hydrogen (secondary N) is 1. The molecule has 2 heterocycles. The van der Waals surface area contributed by atoms with Crippen LogP contribution in [0.4, 0.5) is 0 Å². The number of ether oxygens (including phenoxy) is 3. The van der Waals surface area contributed by atoms with E-state index in [1.54, 1.807) is 0 Å². The highest BCUT2D eigenvalue weighted by atomic mass is 16.7. The first-order chi connectivity index (χ1) is 22.4. The van der Waals surface area contributed by atoms with Gasteiger partial charge in [0.1, 0.15) is 6.29 Å². The number of morpholine rings is 1. The predicted molar refractivity (Wildman–Crippen MR) is 178 cm³/mol. The van der Waals surface area contributed by atoms with Crippen molar-refractivity contribution in [2.24, 2.45) is 56.7 Å². The van der Waals surface area contributed by atoms with Crippen molar-refractivity contribution in [1.82, 2.24) is 10.2 Å². The van der Waals surface area contributed by atoms with Crippen LogP contribution in [0.25, 0.3) is 0 Å². The number of rotatable bonds is 9. The Morgan fingerprint density at radius 3 is 2.57 bits per heavy atom. The molecular formula is C39H62N2O6. The number of carbonyl (C=O) groups excluding carboxylic acids is 2. The summed E-state index contributed by atoms with van der Waals surface area (Å²) >= 11 is 0. The average Bonchev–Trinajstić information content (AvgIpc) is 3.96. The van der Waals surface area contributed by atoms with Gasteiger partial charge in [-0.2, -0.15) is 0 Å². The Morgan fingerprint density at radius 1 is 1.04 bits per heavy atom. The number of aliphatic hydroxyl groups is 1. The van der Waals surface area contributed by atoms with Crippen molar-refractivity contribution in [3.05, 3.63) is 0 Å². The molecule has 0 aromatic heterocycles. The van der Waals surface area contributed by atoms with Crippen LogP contribution in [0.15, 0.2) is 0 Å². The zero-order chi connectivity index (χ0) is 33.0. The van der Waals surface area contributed by atoms with Gasteiger partial charge in [-0.3, -0.25) is 4.79 Å². The van der Waals surface area contributed by atoms with Crippen LogP contribution in [0, 0.1) is 56.7 Å². The first-order valence-electron chi connectivity index (χ1n) is 19.4. The number of fused-ring (bicyclic) bond motifs is 4. The lowest BCUT2D eigenvalue weighted by Crippen LogP contribution is -2.60. The molecule has 8 rings (SSSR count). The lowest BCUT2D eigenvalue weighted by atomic mass is 9.41. The van der Waals surface area contributed by atoms with Gasteiger partial charge in [0, 0.05) is 37.9 Å². The molecule has 2 aliphatic heterocycles. The minimum atomic E-state index is -0.448. The van der Waals surface area contributed by atoms with Crippen molar-refractivity contribution in [2.75, 3.05) is 32.8 Å². The molecule has 8 nitrogen and oxygen atoms in total. The van der Waals surface area contributed by atoms with Gasteiger partial charge in [-0.05, 0) is 115 Å². The Bertz CT molecular complexity index is 1240. The van der Waals surface area contributed by atoms with Crippen LogP contribution < -0.4 is 5.32 Å². The van der Waals surface area contributed by atoms with Gasteiger partial charge in [-0.1, -0.05) is 34.6 Å². The summed E-state index contributed by atoms with van der Waals surface area (Å²) in [7, 11) is 0. The molecule has 2 N–H and O–H groups in total. The topological polar surface area (TPSA) is 97.3 Å². The summed E-state index contributed by atoms with van der Waals surface area (Å²) in [6.07, 6.45) is 13.3. The number of carbonyl (C=O) groups is 2. The smallest absolute Gasteiger partial charge is 0.223 e. The summed E-state index contributed by atoms with van der Waals surface area (Å²) in [5, 5.41) is 15.9. The molecule has 6 saturated carbocycles. The van der Waals surface area contributed by atoms with E-state index >= 15 is 0 Å². The Kier molecular flexibility index (Phi) is 8.09. The molecule has 0 bridgehead atoms. The maximum absolute atomic E-state index is 12.9. The fourth-order valence-corrected chi connectivity index (χ4v) is 14.0. The van der Waals surface area contributed by atoms with E-state index < -0.39 is 6.10 Å². The van der Waals surface area contributed by atoms with Crippen molar-refractivity contribution in [3.8, 4) is 0 Å². The third-order valence-electron chi connectivity index (χ3n) is 16.5. The summed E-state index contributed by atoms with van der Waals surface area (Å²) in [5.74, 6) is 2.88. The monoisotopic (exact) mass is 654 g/mol. The Labute approximate surface area is 282 Å². The van der Waals surface area contributed by atoms with E-state index in [9.17, 15) is 14.7 Å². The number of aldehydes is 1. The summed E-state index contributed by atoms with van der Waals surface area (Å²) < 4.78 is 19.8. The number of nitrogens with zero attached hydrogens (tertiary/aromatic N) is 1. The standard InChI is InChI=1S/C39H62N2O6/c1-24-19-26(21-40-15-6-17-42)46-33-32(24)36(4)13-14-39-23-38(39)12-11-29(35(2,3)27(38)9-10-28(39)37(36,5)34(33)44)47-31-22-41(16-18-45-31)30(43)20-25-7-8-25/h17,24-29,31-34,40,44H,6-16,18-23H2,1-5H3/t24-,26?,27+,28?,29?,31+,32+,33?,34+,36?,37-,38?,39?/m1/s1. The largest absolute Gasteiger partial charge is 0.390 e. The number of hydrogen-bond donors (Lipinski definition) is 2. The zero-order valence-electron chi connectivity index (χ0n) is 29.8. The molecule has 0 aromatic carbocycles. The van der Waals surface area contributed by atoms with Crippen molar-refractivity contribution in [3.63, 3.8) is 0 Å². The van der Waals surface area contributed by atoms with Crippen molar-refractivity contribution in [1.29, 1.82) is 0 Å². The molecule has 1 amide bonds. The maximum atomic E-state index is 12.9. The van der Waals surface area contributed by atoms with Gasteiger partial charge in [0.05, 0.1) is 37.6 Å². The lowest BCUT2D eigenvalue weighted by molar-refractivity contribution is -0.248. The normalized spacial score (nSPS) is 51.2. The SMILES string of the molecule is C[C@@H]1CC(CNCCC=O)OC2[C@H]1C1(C)CCC34CC35CCC(O[C@H]3CN(C(=O)CC6CC6)CCO3)C(C)(C)[C@@H]5CCC4[C@]1(C)[C@H]2O. The van der Waals surface area contributed by atoms with E-state index in [4.69, 9.17) is 14.2 Å². The van der Waals surface area contributed by atoms with Crippen LogP contribution in [-0.2, 0) is 23.8 Å². The molecule has 2 spiro atoms. The summed E-state index contributed by atoms with van der Waals surface area (Å²) in [6.45, 7) is 15.6. The highest BCUT2D eigenvalue weighted by molar-refractivity contribution is 5.76. The fourth-order valence-electron chi connectivity index (χ4n) is 14.0. The number of aliphatic hydroxyl groups excluding tert-OH is 1. The minimum absolute atomic E-state index is 0.0298. The summed E-state index contributed by atoms with van der Waals surface area (Å²) in [4.78, 5) is 25.7. The summed E-state index contributed by atoms with van der Waals surface area (Å²) in [6, 6.07) is 0. The molecule has 0 aromatic rings. The van der Waals surface area contributed by atoms with E-state index in [2.05, 4.69) is 39.9 Å². The molecule has 13 atom stereocenters. The summed E-state index contributed by atoms with van der Waals surface area (Å²) in [5.41, 5.74) is 0.590. The minimum Gasteiger partial charge on any atom is -0.390 e. The quantitative estimate of drug-likeness (QED) is 0.256. The molecule has 8 aliphatic rings. The van der Waals surface area contributed by atoms with E-state index in [1.807, 2.05) is 4.90 Å². The molecular weight excluding hydrogens is 592 g/mol. The molecule has 47 heavy (non-hydrogen) atoms. The lowest BCUT2D eigenvalue weighted by Gasteiger charge is -2.64. The Hall–Kier alpha value is -1.06. The van der Waals surface area contributed by atoms with Crippen LogP contribution >= 0.6 is 0 Å². The van der Waals surface area contributed by atoms with Gasteiger partial charge in [-0.15, -0.1) is 0 Å². The van der Waals surface area contributed by atoms with Gasteiger partial charge >= 0.3 is 0 Å². The van der Waals surface area contributed by atoms with Crippen molar-refractivity contribution >= 4 is 12.2 Å². The second-order valence-electron chi connectivity index (χ2n) is 18.7. The fraction of sp³-hybridized carbons (Fsp3) is 0.949. The van der Waals surface area contributed by atoms with Crippen LogP contribution in [0.3, 0.4) is 0 Å². The molecule has 6 aliphatic carbocycles. The molecule has 2 saturated heterocycles. The van der Waals surface area contributed by atoms with Gasteiger partial charge in [-0.25, -0.2) is 0 Å². The van der Waals surface area contributed by atoms with Gasteiger partial charge in [0.2, 0.25) is 5.91 Å². The van der Waals surface area contributed by atoms with Crippen molar-refractivity contribution in [2.45, 2.75) is 142 Å². The second-order valence-corrected chi connectivity index (χ2v) is 18.7. The zero-order valence-corrected chi connectivity index (χ0v) is 29.8. The highest BCUT2D eigenvalue weighted by Crippen LogP contribution is 2.89. The van der Waals surface area contributed by atoms with Crippen LogP contribution in [0.1, 0.15) is 112 Å². The van der Waals surface area contributed by atoms with Crippen LogP contribution in [0.5, 0.6) is 0 Å². The third kappa shape index (κ3) is 4.76. The number of hydrogen-bond acceptors (Lipinski definition) is 7. The predicted octanol–water partition coefficient (Wildman–Crippen LogP) is 5.35. The molecule has 0 radical (unpaired) electrons. The average molecular weight is 655 g/mol. The Balaban J connectivity index is 0.979. The first kappa shape index (κ1) is 33.1. The van der Waals surface area contributed by atoms with E-state index in [0.29, 0.717) is 79.5 Å². The Morgan fingerprint density at radius 2 is 1.81 bits per heavy atom. The molecule has 8 heteroatoms. The maximum Gasteiger partial charge on any atom is 0.223 e. The third-order valence-corrected chi connectivity index (χ3v) is 16.5. The van der Waals surface area contributed by atoms with Crippen LogP contribution in [-0.4, -0.2) is 85.7 Å². The first-order valence-corrected chi connectivity index (χ1v) is 19.4. The van der Waals surface area contributed by atoms with Gasteiger partial charge in [0.15, 0.2) is 6.29 Å². The van der Waals surface area contributed by atoms with E-state index in [1.165, 1.54) is 51.4 Å². The van der Waals surface area contributed by atoms with Crippen LogP contribution in [0.2, 0.25) is 0 Å².